The van der Waals surface area contributed by atoms with Gasteiger partial charge in [0, 0.05) is 16.1 Å². The molecule has 0 saturated carbocycles. The van der Waals surface area contributed by atoms with Crippen molar-refractivity contribution in [1.29, 1.82) is 0 Å². The fourth-order valence-corrected chi connectivity index (χ4v) is 2.54. The minimum Gasteiger partial charge on any atom is -0.328 e. The molecule has 0 bridgehead atoms. The van der Waals surface area contributed by atoms with Gasteiger partial charge in [0.15, 0.2) is 0 Å². The van der Waals surface area contributed by atoms with Gasteiger partial charge in [-0.05, 0) is 42.9 Å². The van der Waals surface area contributed by atoms with Gasteiger partial charge in [0.2, 0.25) is 0 Å². The van der Waals surface area contributed by atoms with Gasteiger partial charge in [0.1, 0.15) is 0 Å². The van der Waals surface area contributed by atoms with Crippen LogP contribution in [0.3, 0.4) is 0 Å². The molecule has 1 rings (SSSR count). The normalized spacial score (nSPS) is 15.2. The number of nitrogens with two attached hydrogens (primary N) is 1. The van der Waals surface area contributed by atoms with Crippen molar-refractivity contribution < 1.29 is 0 Å². The van der Waals surface area contributed by atoms with Crippen LogP contribution in [0.25, 0.3) is 0 Å². The average Bonchev–Trinajstić information content (AvgIpc) is 2.15. The van der Waals surface area contributed by atoms with E-state index in [0.29, 0.717) is 11.8 Å². The third-order valence-electron chi connectivity index (χ3n) is 3.03. The number of hydrogen-bond acceptors (Lipinski definition) is 1. The summed E-state index contributed by atoms with van der Waals surface area (Å²) in [6.45, 7) is 6.40. The van der Waals surface area contributed by atoms with Crippen LogP contribution in [0.15, 0.2) is 18.2 Å². The Morgan fingerprint density at radius 3 is 2.00 bits per heavy atom. The fraction of sp³-hybridized carbons (Fsp3) is 0.538. The van der Waals surface area contributed by atoms with Crippen molar-refractivity contribution in [1.82, 2.24) is 0 Å². The molecule has 0 radical (unpaired) electrons. The summed E-state index contributed by atoms with van der Waals surface area (Å²) >= 11 is 12.3. The van der Waals surface area contributed by atoms with E-state index in [0.717, 1.165) is 22.0 Å². The fourth-order valence-electron chi connectivity index (χ4n) is 1.99. The van der Waals surface area contributed by atoms with Crippen molar-refractivity contribution in [3.63, 3.8) is 0 Å². The third-order valence-corrected chi connectivity index (χ3v) is 3.74. The summed E-state index contributed by atoms with van der Waals surface area (Å²) in [5.41, 5.74) is 7.01. The van der Waals surface area contributed by atoms with E-state index in [2.05, 4.69) is 13.8 Å². The maximum atomic E-state index is 6.16. The minimum atomic E-state index is 0.146. The molecule has 90 valence electrons. The quantitative estimate of drug-likeness (QED) is 0.864. The molecule has 0 amide bonds. The van der Waals surface area contributed by atoms with Gasteiger partial charge in [-0.15, -0.1) is 0 Å². The smallest absolute Gasteiger partial charge is 0.0452 e. The summed E-state index contributed by atoms with van der Waals surface area (Å²) in [6.07, 6.45) is 0.841. The van der Waals surface area contributed by atoms with Gasteiger partial charge in [-0.25, -0.2) is 0 Å². The molecule has 16 heavy (non-hydrogen) atoms. The van der Waals surface area contributed by atoms with Gasteiger partial charge in [-0.2, -0.15) is 0 Å². The molecule has 0 spiro atoms. The Morgan fingerprint density at radius 2 is 1.62 bits per heavy atom. The lowest BCUT2D eigenvalue weighted by atomic mass is 9.84. The number of benzene rings is 1. The molecule has 0 aliphatic rings. The summed E-state index contributed by atoms with van der Waals surface area (Å²) in [7, 11) is 0. The van der Waals surface area contributed by atoms with Crippen LogP contribution in [-0.4, -0.2) is 6.04 Å². The van der Waals surface area contributed by atoms with E-state index < -0.39 is 0 Å². The van der Waals surface area contributed by atoms with Crippen molar-refractivity contribution in [2.24, 2.45) is 17.6 Å². The Hall–Kier alpha value is -0.240. The SMILES string of the molecule is CC(C)C(Cc1c(Cl)cccc1Cl)C(C)N. The molecule has 1 aromatic carbocycles. The Balaban J connectivity index is 2.94. The van der Waals surface area contributed by atoms with Gasteiger partial charge < -0.3 is 5.73 Å². The maximum Gasteiger partial charge on any atom is 0.0452 e. The van der Waals surface area contributed by atoms with Gasteiger partial charge in [0.25, 0.3) is 0 Å². The molecule has 0 aliphatic carbocycles. The lowest BCUT2D eigenvalue weighted by molar-refractivity contribution is 0.330. The molecule has 1 nitrogen and oxygen atoms in total. The molecule has 2 atom stereocenters. The van der Waals surface area contributed by atoms with Crippen molar-refractivity contribution in [2.45, 2.75) is 33.2 Å². The molecule has 2 unspecified atom stereocenters. The first-order valence-electron chi connectivity index (χ1n) is 5.62. The van der Waals surface area contributed by atoms with Crippen molar-refractivity contribution >= 4 is 23.2 Å². The van der Waals surface area contributed by atoms with Crippen LogP contribution in [0.5, 0.6) is 0 Å². The van der Waals surface area contributed by atoms with Crippen LogP contribution in [0.4, 0.5) is 0 Å². The summed E-state index contributed by atoms with van der Waals surface area (Å²) in [5, 5.41) is 1.47. The lowest BCUT2D eigenvalue weighted by Crippen LogP contribution is -2.32. The van der Waals surface area contributed by atoms with Crippen LogP contribution in [0.1, 0.15) is 26.3 Å². The van der Waals surface area contributed by atoms with Crippen LogP contribution < -0.4 is 5.73 Å². The zero-order valence-corrected chi connectivity index (χ0v) is 11.5. The molecule has 3 heteroatoms. The largest absolute Gasteiger partial charge is 0.328 e. The molecule has 0 heterocycles. The van der Waals surface area contributed by atoms with Gasteiger partial charge >= 0.3 is 0 Å². The lowest BCUT2D eigenvalue weighted by Gasteiger charge is -2.25. The number of hydrogen-bond donors (Lipinski definition) is 1. The first-order valence-corrected chi connectivity index (χ1v) is 6.37. The molecular weight excluding hydrogens is 241 g/mol. The van der Waals surface area contributed by atoms with E-state index >= 15 is 0 Å². The third kappa shape index (κ3) is 3.38. The van der Waals surface area contributed by atoms with Crippen LogP contribution >= 0.6 is 23.2 Å². The highest BCUT2D eigenvalue weighted by Crippen LogP contribution is 2.29. The second-order valence-electron chi connectivity index (χ2n) is 4.67. The van der Waals surface area contributed by atoms with Crippen LogP contribution in [-0.2, 0) is 6.42 Å². The zero-order chi connectivity index (χ0) is 12.3. The highest BCUT2D eigenvalue weighted by molar-refractivity contribution is 6.35. The second-order valence-corrected chi connectivity index (χ2v) is 5.49. The second kappa shape index (κ2) is 5.90. The van der Waals surface area contributed by atoms with E-state index in [4.69, 9.17) is 28.9 Å². The van der Waals surface area contributed by atoms with Crippen molar-refractivity contribution in [3.8, 4) is 0 Å². The van der Waals surface area contributed by atoms with Gasteiger partial charge in [-0.3, -0.25) is 0 Å². The van der Waals surface area contributed by atoms with Crippen molar-refractivity contribution in [3.05, 3.63) is 33.8 Å². The summed E-state index contributed by atoms with van der Waals surface area (Å²) in [4.78, 5) is 0. The first-order chi connectivity index (χ1) is 7.43. The molecular formula is C13H19Cl2N. The molecule has 0 aromatic heterocycles. The predicted octanol–water partition coefficient (Wildman–Crippen LogP) is 4.16. The molecule has 1 aromatic rings. The topological polar surface area (TPSA) is 26.0 Å². The van der Waals surface area contributed by atoms with Crippen LogP contribution in [0.2, 0.25) is 10.0 Å². The summed E-state index contributed by atoms with van der Waals surface area (Å²) in [5.74, 6) is 0.921. The van der Waals surface area contributed by atoms with Crippen molar-refractivity contribution in [2.75, 3.05) is 0 Å². The van der Waals surface area contributed by atoms with E-state index in [9.17, 15) is 0 Å². The van der Waals surface area contributed by atoms with E-state index in [1.165, 1.54) is 0 Å². The number of rotatable bonds is 4. The minimum absolute atomic E-state index is 0.146. The standard InChI is InChI=1S/C13H19Cl2N/c1-8(2)10(9(3)16)7-11-12(14)5-4-6-13(11)15/h4-6,8-10H,7,16H2,1-3H3. The van der Waals surface area contributed by atoms with E-state index in [1.807, 2.05) is 25.1 Å². The average molecular weight is 260 g/mol. The highest BCUT2D eigenvalue weighted by atomic mass is 35.5. The Kier molecular flexibility index (Phi) is 5.10. The van der Waals surface area contributed by atoms with E-state index in [-0.39, 0.29) is 6.04 Å². The monoisotopic (exact) mass is 259 g/mol. The number of halogens is 2. The first kappa shape index (κ1) is 13.8. The van der Waals surface area contributed by atoms with E-state index in [1.54, 1.807) is 0 Å². The highest BCUT2D eigenvalue weighted by Gasteiger charge is 2.20. The predicted molar refractivity (Wildman–Crippen MR) is 72.1 cm³/mol. The summed E-state index contributed by atoms with van der Waals surface area (Å²) in [6, 6.07) is 5.76. The molecule has 2 N–H and O–H groups in total. The van der Waals surface area contributed by atoms with Crippen LogP contribution in [0, 0.1) is 11.8 Å². The van der Waals surface area contributed by atoms with Gasteiger partial charge in [-0.1, -0.05) is 43.1 Å². The zero-order valence-electron chi connectivity index (χ0n) is 10.0. The van der Waals surface area contributed by atoms with Gasteiger partial charge in [0.05, 0.1) is 0 Å². The molecule has 0 saturated heterocycles. The Morgan fingerprint density at radius 1 is 1.12 bits per heavy atom. The summed E-state index contributed by atoms with van der Waals surface area (Å²) < 4.78 is 0. The Bertz CT molecular complexity index is 320. The maximum absolute atomic E-state index is 6.16. The molecule has 0 fully saturated rings. The molecule has 0 aliphatic heterocycles. The Labute approximate surface area is 108 Å².